The van der Waals surface area contributed by atoms with Crippen LogP contribution in [0, 0.1) is 5.92 Å². The zero-order valence-electron chi connectivity index (χ0n) is 19.2. The molecule has 1 aliphatic heterocycles. The van der Waals surface area contributed by atoms with Crippen molar-refractivity contribution in [3.63, 3.8) is 0 Å². The van der Waals surface area contributed by atoms with Gasteiger partial charge in [0.25, 0.3) is 0 Å². The molecule has 1 fully saturated rings. The van der Waals surface area contributed by atoms with Gasteiger partial charge in [0, 0.05) is 36.5 Å². The fourth-order valence-corrected chi connectivity index (χ4v) is 4.77. The van der Waals surface area contributed by atoms with E-state index in [0.717, 1.165) is 81.7 Å². The summed E-state index contributed by atoms with van der Waals surface area (Å²) >= 11 is 3.43. The maximum Gasteiger partial charge on any atom is 0.328 e. The molecule has 0 spiro atoms. The Bertz CT molecular complexity index is 674. The number of carbonyl (C=O) groups excluding carboxylic acids is 3. The number of alkyl halides is 1. The highest BCUT2D eigenvalue weighted by Gasteiger charge is 2.33. The van der Waals surface area contributed by atoms with Gasteiger partial charge in [0.2, 0.25) is 11.8 Å². The summed E-state index contributed by atoms with van der Waals surface area (Å²) in [6, 6.07) is -1.43. The minimum absolute atomic E-state index is 0.0889. The molecule has 2 amide bonds. The number of aliphatic imine (C=N–C) groups is 1. The fourth-order valence-electron chi connectivity index (χ4n) is 4.37. The number of hydrogen-bond donors (Lipinski definition) is 2. The number of methoxy groups -OCH3 is 1. The number of halogens is 1. The summed E-state index contributed by atoms with van der Waals surface area (Å²) in [5.41, 5.74) is 0.763. The van der Waals surface area contributed by atoms with Crippen LogP contribution >= 0.6 is 15.9 Å². The molecule has 0 aromatic rings. The SMILES string of the molecule is COC(=O)[C@H](CC1=CCC=N1)NC(=O)C(NC(=O)CCCCCCCBr)C1CCCCC1. The molecule has 2 aliphatic rings. The van der Waals surface area contributed by atoms with Crippen molar-refractivity contribution in [1.82, 2.24) is 10.6 Å². The Morgan fingerprint density at radius 3 is 2.47 bits per heavy atom. The third-order valence-electron chi connectivity index (χ3n) is 6.19. The lowest BCUT2D eigenvalue weighted by Crippen LogP contribution is -2.55. The van der Waals surface area contributed by atoms with Crippen LogP contribution in [-0.4, -0.2) is 48.5 Å². The van der Waals surface area contributed by atoms with Crippen LogP contribution in [0.15, 0.2) is 16.8 Å². The van der Waals surface area contributed by atoms with E-state index in [2.05, 4.69) is 31.6 Å². The molecule has 2 atom stereocenters. The second-order valence-corrected chi connectivity index (χ2v) is 9.47. The van der Waals surface area contributed by atoms with Gasteiger partial charge in [0.15, 0.2) is 0 Å². The number of allylic oxidation sites excluding steroid dienone is 1. The maximum absolute atomic E-state index is 13.2. The number of amides is 2. The largest absolute Gasteiger partial charge is 0.467 e. The van der Waals surface area contributed by atoms with Gasteiger partial charge in [-0.2, -0.15) is 0 Å². The number of nitrogens with zero attached hydrogens (tertiary/aromatic N) is 1. The summed E-state index contributed by atoms with van der Waals surface area (Å²) in [4.78, 5) is 42.4. The van der Waals surface area contributed by atoms with Gasteiger partial charge in [-0.05, 0) is 31.6 Å². The van der Waals surface area contributed by atoms with Crippen LogP contribution in [0.1, 0.15) is 83.5 Å². The molecule has 8 heteroatoms. The van der Waals surface area contributed by atoms with Crippen molar-refractivity contribution < 1.29 is 19.1 Å². The first-order valence-corrected chi connectivity index (χ1v) is 13.1. The molecule has 0 bridgehead atoms. The molecule has 2 rings (SSSR count). The van der Waals surface area contributed by atoms with Gasteiger partial charge in [0.05, 0.1) is 7.11 Å². The Kier molecular flexibility index (Phi) is 12.6. The molecule has 1 aliphatic carbocycles. The third-order valence-corrected chi connectivity index (χ3v) is 6.75. The Hall–Kier alpha value is -1.70. The van der Waals surface area contributed by atoms with Crippen LogP contribution in [0.5, 0.6) is 0 Å². The highest BCUT2D eigenvalue weighted by Crippen LogP contribution is 2.27. The zero-order valence-corrected chi connectivity index (χ0v) is 20.8. The second-order valence-electron chi connectivity index (χ2n) is 8.68. The monoisotopic (exact) mass is 511 g/mol. The Balaban J connectivity index is 1.96. The number of rotatable bonds is 14. The van der Waals surface area contributed by atoms with E-state index in [9.17, 15) is 14.4 Å². The average Bonchev–Trinajstić information content (AvgIpc) is 3.32. The summed E-state index contributed by atoms with van der Waals surface area (Å²) < 4.78 is 4.90. The van der Waals surface area contributed by atoms with Crippen molar-refractivity contribution in [3.05, 3.63) is 11.8 Å². The lowest BCUT2D eigenvalue weighted by molar-refractivity contribution is -0.145. The van der Waals surface area contributed by atoms with Crippen LogP contribution in [0.25, 0.3) is 0 Å². The smallest absolute Gasteiger partial charge is 0.328 e. The first-order valence-electron chi connectivity index (χ1n) is 12.0. The highest BCUT2D eigenvalue weighted by atomic mass is 79.9. The summed E-state index contributed by atoms with van der Waals surface area (Å²) in [6.45, 7) is 0. The number of nitrogens with one attached hydrogen (secondary N) is 2. The quantitative estimate of drug-likeness (QED) is 0.207. The van der Waals surface area contributed by atoms with Crippen LogP contribution in [0.3, 0.4) is 0 Å². The van der Waals surface area contributed by atoms with E-state index in [-0.39, 0.29) is 24.2 Å². The first-order chi connectivity index (χ1) is 15.5. The molecule has 1 unspecified atom stereocenters. The summed E-state index contributed by atoms with van der Waals surface area (Å²) in [5.74, 6) is -0.804. The van der Waals surface area contributed by atoms with Gasteiger partial charge in [-0.15, -0.1) is 0 Å². The number of carbonyl (C=O) groups is 3. The van der Waals surface area contributed by atoms with Crippen molar-refractivity contribution in [2.45, 2.75) is 95.6 Å². The predicted octanol–water partition coefficient (Wildman–Crippen LogP) is 4.19. The zero-order chi connectivity index (χ0) is 23.2. The van der Waals surface area contributed by atoms with Gasteiger partial charge < -0.3 is 15.4 Å². The lowest BCUT2D eigenvalue weighted by atomic mass is 9.83. The van der Waals surface area contributed by atoms with Crippen molar-refractivity contribution in [1.29, 1.82) is 0 Å². The highest BCUT2D eigenvalue weighted by molar-refractivity contribution is 9.09. The third kappa shape index (κ3) is 9.43. The number of ether oxygens (including phenoxy) is 1. The van der Waals surface area contributed by atoms with Gasteiger partial charge >= 0.3 is 5.97 Å². The van der Waals surface area contributed by atoms with E-state index < -0.39 is 18.1 Å². The number of hydrogen-bond acceptors (Lipinski definition) is 5. The summed E-state index contributed by atoms with van der Waals surface area (Å²) in [7, 11) is 1.31. The van der Waals surface area contributed by atoms with Crippen molar-refractivity contribution in [2.75, 3.05) is 12.4 Å². The lowest BCUT2D eigenvalue weighted by Gasteiger charge is -2.31. The molecular formula is C24H38BrN3O4. The van der Waals surface area contributed by atoms with Crippen molar-refractivity contribution in [3.8, 4) is 0 Å². The van der Waals surface area contributed by atoms with Crippen LogP contribution in [0.2, 0.25) is 0 Å². The van der Waals surface area contributed by atoms with Gasteiger partial charge in [0.1, 0.15) is 12.1 Å². The minimum Gasteiger partial charge on any atom is -0.467 e. The maximum atomic E-state index is 13.2. The van der Waals surface area contributed by atoms with E-state index >= 15 is 0 Å². The molecule has 32 heavy (non-hydrogen) atoms. The summed E-state index contributed by atoms with van der Waals surface area (Å²) in [5, 5.41) is 6.85. The van der Waals surface area contributed by atoms with E-state index in [1.807, 2.05) is 6.08 Å². The van der Waals surface area contributed by atoms with Crippen molar-refractivity contribution in [2.24, 2.45) is 10.9 Å². The standard InChI is InChI=1S/C24H38BrN3O4/c1-32-24(31)20(17-19-13-10-16-26-19)27-23(30)22(18-11-6-5-7-12-18)28-21(29)14-8-3-2-4-9-15-25/h13,16,18,20,22H,2-12,14-15,17H2,1H3,(H,27,30)(H,28,29)/t20-,22?/m0/s1. The van der Waals surface area contributed by atoms with Crippen molar-refractivity contribution >= 4 is 39.9 Å². The van der Waals surface area contributed by atoms with Crippen LogP contribution in [0.4, 0.5) is 0 Å². The van der Waals surface area contributed by atoms with Crippen LogP contribution < -0.4 is 10.6 Å². The molecular weight excluding hydrogens is 474 g/mol. The summed E-state index contributed by atoms with van der Waals surface area (Å²) in [6.07, 6.45) is 15.5. The van der Waals surface area contributed by atoms with E-state index in [4.69, 9.17) is 4.74 Å². The molecule has 7 nitrogen and oxygen atoms in total. The molecule has 0 aromatic carbocycles. The molecule has 0 aromatic heterocycles. The van der Waals surface area contributed by atoms with Gasteiger partial charge in [-0.25, -0.2) is 4.79 Å². The van der Waals surface area contributed by atoms with E-state index in [1.54, 1.807) is 6.21 Å². The second kappa shape index (κ2) is 15.2. The normalized spacial score (nSPS) is 18.0. The first kappa shape index (κ1) is 26.6. The number of unbranched alkanes of at least 4 members (excludes halogenated alkanes) is 4. The van der Waals surface area contributed by atoms with Crippen LogP contribution in [-0.2, 0) is 19.1 Å². The van der Waals surface area contributed by atoms with Gasteiger partial charge in [-0.1, -0.05) is 60.5 Å². The van der Waals surface area contributed by atoms with E-state index in [1.165, 1.54) is 7.11 Å². The fraction of sp³-hybridized carbons (Fsp3) is 0.750. The molecule has 0 radical (unpaired) electrons. The molecule has 180 valence electrons. The minimum atomic E-state index is -0.813. The Morgan fingerprint density at radius 1 is 1.09 bits per heavy atom. The number of esters is 1. The molecule has 1 heterocycles. The molecule has 0 saturated heterocycles. The topological polar surface area (TPSA) is 96.9 Å². The predicted molar refractivity (Wildman–Crippen MR) is 130 cm³/mol. The average molecular weight is 512 g/mol. The molecule has 2 N–H and O–H groups in total. The molecule has 1 saturated carbocycles. The Morgan fingerprint density at radius 2 is 1.81 bits per heavy atom. The Labute approximate surface area is 200 Å². The van der Waals surface area contributed by atoms with Gasteiger partial charge in [-0.3, -0.25) is 14.6 Å². The van der Waals surface area contributed by atoms with E-state index in [0.29, 0.717) is 6.42 Å².